The lowest BCUT2D eigenvalue weighted by molar-refractivity contribution is -0.113. The lowest BCUT2D eigenvalue weighted by Gasteiger charge is -2.25. The van der Waals surface area contributed by atoms with Crippen LogP contribution >= 0.6 is 68.1 Å². The highest BCUT2D eigenvalue weighted by molar-refractivity contribution is 14.1. The molecule has 2 heterocycles. The first-order chi connectivity index (χ1) is 22.7. The maximum absolute atomic E-state index is 14.2. The van der Waals surface area contributed by atoms with Gasteiger partial charge in [-0.1, -0.05) is 71.5 Å². The first-order valence-corrected chi connectivity index (χ1v) is 18.1. The highest BCUT2D eigenvalue weighted by atomic mass is 127. The number of aromatic nitrogens is 1. The number of hydrogen-bond donors (Lipinski definition) is 1. The van der Waals surface area contributed by atoms with Crippen LogP contribution in [0.3, 0.4) is 0 Å². The molecule has 238 valence electrons. The number of carbonyl (C=O) groups excluding carboxylic acids is 1. The molecular formula is C36H28ClI2N3O4S. The Bertz CT molecular complexity index is 2160. The van der Waals surface area contributed by atoms with Crippen molar-refractivity contribution in [1.82, 2.24) is 4.57 Å². The van der Waals surface area contributed by atoms with Crippen LogP contribution < -0.4 is 29.7 Å². The molecule has 47 heavy (non-hydrogen) atoms. The van der Waals surface area contributed by atoms with Gasteiger partial charge in [0.1, 0.15) is 18.1 Å². The molecule has 7 nitrogen and oxygen atoms in total. The first-order valence-electron chi connectivity index (χ1n) is 14.7. The number of para-hydroxylation sites is 1. The summed E-state index contributed by atoms with van der Waals surface area (Å²) in [6.07, 6.45) is 1.87. The topological polar surface area (TPSA) is 81.9 Å². The van der Waals surface area contributed by atoms with Crippen LogP contribution in [0.15, 0.2) is 112 Å². The molecule has 1 N–H and O–H groups in total. The third kappa shape index (κ3) is 7.35. The van der Waals surface area contributed by atoms with E-state index in [1.807, 2.05) is 111 Å². The van der Waals surface area contributed by atoms with Gasteiger partial charge in [-0.2, -0.15) is 0 Å². The third-order valence-corrected chi connectivity index (χ3v) is 10.4. The Balaban J connectivity index is 1.39. The standard InChI is InChI=1S/C36H28ClI2N3O4S/c1-3-45-26-15-13-23(14-16-26)32-31(34(43)41-25-10-5-4-6-11-25)21(2)40-36-42(32)35(44)30(47-36)19-22-17-28(38)33(29(39)18-22)46-20-24-9-7-8-12-27(24)37/h4-19,32H,3,20H2,1-2H3,(H,41,43)/b30-19-/t32-/m1/s1. The van der Waals surface area contributed by atoms with Crippen molar-refractivity contribution < 1.29 is 14.3 Å². The average Bonchev–Trinajstić information content (AvgIpc) is 3.35. The molecule has 4 aromatic carbocycles. The molecule has 0 fully saturated rings. The number of thiazole rings is 1. The minimum Gasteiger partial charge on any atom is -0.494 e. The lowest BCUT2D eigenvalue weighted by Crippen LogP contribution is -2.40. The van der Waals surface area contributed by atoms with Gasteiger partial charge < -0.3 is 14.8 Å². The number of anilines is 1. The maximum atomic E-state index is 14.2. The second-order valence-corrected chi connectivity index (χ2v) is 14.3. The fourth-order valence-electron chi connectivity index (χ4n) is 5.28. The summed E-state index contributed by atoms with van der Waals surface area (Å²) in [5.74, 6) is 1.15. The summed E-state index contributed by atoms with van der Waals surface area (Å²) in [4.78, 5) is 33.3. The van der Waals surface area contributed by atoms with Gasteiger partial charge in [0.25, 0.3) is 11.5 Å². The van der Waals surface area contributed by atoms with Crippen LogP contribution in [0.1, 0.15) is 36.6 Å². The van der Waals surface area contributed by atoms with Crippen molar-refractivity contribution in [2.75, 3.05) is 11.9 Å². The summed E-state index contributed by atoms with van der Waals surface area (Å²) in [5, 5.41) is 3.65. The molecule has 6 rings (SSSR count). The third-order valence-electron chi connectivity index (χ3n) is 7.45. The molecule has 0 saturated carbocycles. The summed E-state index contributed by atoms with van der Waals surface area (Å²) in [5.41, 5.74) is 3.91. The number of halogens is 3. The van der Waals surface area contributed by atoms with E-state index >= 15 is 0 Å². The summed E-state index contributed by atoms with van der Waals surface area (Å²) in [7, 11) is 0. The summed E-state index contributed by atoms with van der Waals surface area (Å²) < 4.78 is 15.8. The quantitative estimate of drug-likeness (QED) is 0.154. The molecule has 1 aromatic heterocycles. The van der Waals surface area contributed by atoms with E-state index < -0.39 is 6.04 Å². The zero-order chi connectivity index (χ0) is 33.1. The van der Waals surface area contributed by atoms with Crippen molar-refractivity contribution in [2.45, 2.75) is 26.5 Å². The molecular weight excluding hydrogens is 860 g/mol. The second kappa shape index (κ2) is 14.8. The minimum atomic E-state index is -0.686. The largest absolute Gasteiger partial charge is 0.494 e. The normalized spacial score (nSPS) is 14.4. The van der Waals surface area contributed by atoms with Crippen molar-refractivity contribution >= 4 is 85.8 Å². The molecule has 0 bridgehead atoms. The number of benzene rings is 4. The molecule has 1 aliphatic rings. The molecule has 0 radical (unpaired) electrons. The minimum absolute atomic E-state index is 0.228. The number of allylic oxidation sites excluding steroid dienone is 1. The van der Waals surface area contributed by atoms with E-state index in [4.69, 9.17) is 26.1 Å². The van der Waals surface area contributed by atoms with Crippen LogP contribution in [-0.4, -0.2) is 17.1 Å². The smallest absolute Gasteiger partial charge is 0.271 e. The second-order valence-electron chi connectivity index (χ2n) is 10.6. The van der Waals surface area contributed by atoms with Gasteiger partial charge in [-0.05, 0) is 119 Å². The van der Waals surface area contributed by atoms with Gasteiger partial charge in [0.05, 0.1) is 35.6 Å². The Morgan fingerprint density at radius 3 is 2.36 bits per heavy atom. The van der Waals surface area contributed by atoms with E-state index in [1.54, 1.807) is 4.57 Å². The van der Waals surface area contributed by atoms with Crippen molar-refractivity contribution in [3.8, 4) is 11.5 Å². The van der Waals surface area contributed by atoms with Gasteiger partial charge in [0.15, 0.2) is 4.80 Å². The van der Waals surface area contributed by atoms with Gasteiger partial charge >= 0.3 is 0 Å². The zero-order valence-corrected chi connectivity index (χ0v) is 31.2. The predicted octanol–water partition coefficient (Wildman–Crippen LogP) is 7.71. The fourth-order valence-corrected chi connectivity index (χ4v) is 8.64. The Morgan fingerprint density at radius 2 is 1.68 bits per heavy atom. The predicted molar refractivity (Wildman–Crippen MR) is 204 cm³/mol. The van der Waals surface area contributed by atoms with Crippen molar-refractivity contribution in [2.24, 2.45) is 4.99 Å². The van der Waals surface area contributed by atoms with Crippen molar-refractivity contribution in [3.05, 3.63) is 151 Å². The molecule has 0 unspecified atom stereocenters. The first kappa shape index (κ1) is 33.4. The molecule has 0 aliphatic carbocycles. The van der Waals surface area contributed by atoms with Crippen LogP contribution in [0.5, 0.6) is 11.5 Å². The Labute approximate surface area is 307 Å². The summed E-state index contributed by atoms with van der Waals surface area (Å²) in [6, 6.07) is 27.6. The molecule has 1 aliphatic heterocycles. The van der Waals surface area contributed by atoms with Crippen molar-refractivity contribution in [1.29, 1.82) is 0 Å². The summed E-state index contributed by atoms with van der Waals surface area (Å²) in [6.45, 7) is 4.61. The Kier molecular flexibility index (Phi) is 10.5. The molecule has 1 amide bonds. The van der Waals surface area contributed by atoms with Crippen LogP contribution in [0.4, 0.5) is 5.69 Å². The molecule has 1 atom stereocenters. The van der Waals surface area contributed by atoms with Crippen LogP contribution in [0.25, 0.3) is 6.08 Å². The number of nitrogens with zero attached hydrogens (tertiary/aromatic N) is 2. The number of fused-ring (bicyclic) bond motifs is 1. The van der Waals surface area contributed by atoms with E-state index in [0.717, 1.165) is 29.6 Å². The van der Waals surface area contributed by atoms with Crippen molar-refractivity contribution in [3.63, 3.8) is 0 Å². The van der Waals surface area contributed by atoms with E-state index in [1.165, 1.54) is 11.3 Å². The maximum Gasteiger partial charge on any atom is 0.271 e. The highest BCUT2D eigenvalue weighted by Gasteiger charge is 2.32. The number of amides is 1. The van der Waals surface area contributed by atoms with E-state index in [9.17, 15) is 9.59 Å². The molecule has 5 aromatic rings. The van der Waals surface area contributed by atoms with Gasteiger partial charge in [0, 0.05) is 16.3 Å². The van der Waals surface area contributed by atoms with E-state index in [0.29, 0.717) is 50.3 Å². The Morgan fingerprint density at radius 1 is 1.00 bits per heavy atom. The van der Waals surface area contributed by atoms with E-state index in [-0.39, 0.29) is 11.5 Å². The number of hydrogen-bond acceptors (Lipinski definition) is 6. The SMILES string of the molecule is CCOc1ccc([C@@H]2C(C(=O)Nc3ccccc3)=C(C)N=c3s/c(=C\c4cc(I)c(OCc5ccccc5Cl)c(I)c4)c(=O)n32)cc1. The lowest BCUT2D eigenvalue weighted by atomic mass is 9.95. The monoisotopic (exact) mass is 887 g/mol. The van der Waals surface area contributed by atoms with Crippen LogP contribution in [0, 0.1) is 7.14 Å². The van der Waals surface area contributed by atoms with E-state index in [2.05, 4.69) is 50.5 Å². The van der Waals surface area contributed by atoms with Crippen LogP contribution in [-0.2, 0) is 11.4 Å². The van der Waals surface area contributed by atoms with Gasteiger partial charge in [-0.15, -0.1) is 0 Å². The summed E-state index contributed by atoms with van der Waals surface area (Å²) >= 11 is 12.1. The number of carbonyl (C=O) groups is 1. The molecule has 0 spiro atoms. The molecule has 0 saturated heterocycles. The number of ether oxygens (including phenoxy) is 2. The highest BCUT2D eigenvalue weighted by Crippen LogP contribution is 2.33. The zero-order valence-electron chi connectivity index (χ0n) is 25.3. The van der Waals surface area contributed by atoms with Crippen LogP contribution in [0.2, 0.25) is 5.02 Å². The van der Waals surface area contributed by atoms with Gasteiger partial charge in [-0.3, -0.25) is 14.2 Å². The average molecular weight is 888 g/mol. The van der Waals surface area contributed by atoms with Gasteiger partial charge in [-0.25, -0.2) is 4.99 Å². The fraction of sp³-hybridized carbons (Fsp3) is 0.139. The number of rotatable bonds is 9. The van der Waals surface area contributed by atoms with Gasteiger partial charge in [0.2, 0.25) is 0 Å². The number of nitrogens with one attached hydrogen (secondary N) is 1. The Hall–Kier alpha value is -3.46. The molecule has 11 heteroatoms.